The number of piperidine rings is 1. The first-order chi connectivity index (χ1) is 9.88. The van der Waals surface area contributed by atoms with Crippen LogP contribution in [0, 0.1) is 0 Å². The molecule has 1 fully saturated rings. The summed E-state index contributed by atoms with van der Waals surface area (Å²) in [4.78, 5) is 6.74. The number of aromatic nitrogens is 6. The molecule has 3 aromatic rings. The third-order valence-electron chi connectivity index (χ3n) is 3.73. The quantitative estimate of drug-likeness (QED) is 0.666. The lowest BCUT2D eigenvalue weighted by Crippen LogP contribution is -2.31. The highest BCUT2D eigenvalue weighted by Gasteiger charge is 2.19. The van der Waals surface area contributed by atoms with Crippen LogP contribution in [0.15, 0.2) is 17.6 Å². The summed E-state index contributed by atoms with van der Waals surface area (Å²) < 4.78 is 3.84. The summed E-state index contributed by atoms with van der Waals surface area (Å²) in [5.41, 5.74) is 0.829. The molecule has 4 rings (SSSR count). The number of fused-ring (bicyclic) bond motifs is 3. The van der Waals surface area contributed by atoms with Gasteiger partial charge in [0.15, 0.2) is 10.8 Å². The topological polar surface area (TPSA) is 63.6 Å². The molecule has 1 aliphatic heterocycles. The Morgan fingerprint density at radius 2 is 2.00 bits per heavy atom. The smallest absolute Gasteiger partial charge is 0.242 e. The van der Waals surface area contributed by atoms with E-state index in [1.807, 2.05) is 15.2 Å². The molecule has 0 unspecified atom stereocenters. The van der Waals surface area contributed by atoms with Crippen LogP contribution in [0.2, 0.25) is 0 Å². The average molecular weight is 289 g/mol. The maximum absolute atomic E-state index is 4.38. The number of hydrogen-bond donors (Lipinski definition) is 0. The number of hydrogen-bond acceptors (Lipinski definition) is 6. The van der Waals surface area contributed by atoms with Crippen molar-refractivity contribution in [2.24, 2.45) is 0 Å². The van der Waals surface area contributed by atoms with E-state index in [1.165, 1.54) is 19.3 Å². The lowest BCUT2D eigenvalue weighted by atomic mass is 10.1. The number of rotatable bonds is 2. The van der Waals surface area contributed by atoms with Crippen LogP contribution in [0.3, 0.4) is 0 Å². The molecule has 0 N–H and O–H groups in total. The van der Waals surface area contributed by atoms with E-state index in [0.717, 1.165) is 35.5 Å². The van der Waals surface area contributed by atoms with Crippen molar-refractivity contribution >= 4 is 29.0 Å². The van der Waals surface area contributed by atoms with Crippen molar-refractivity contribution in [1.29, 1.82) is 0 Å². The Kier molecular flexibility index (Phi) is 2.76. The Labute approximate surface area is 120 Å². The lowest BCUT2D eigenvalue weighted by molar-refractivity contribution is 0.568. The fourth-order valence-corrected chi connectivity index (χ4v) is 3.25. The van der Waals surface area contributed by atoms with Crippen molar-refractivity contribution in [3.63, 3.8) is 0 Å². The van der Waals surface area contributed by atoms with E-state index in [1.54, 1.807) is 18.1 Å². The Morgan fingerprint density at radius 3 is 2.80 bits per heavy atom. The van der Waals surface area contributed by atoms with Gasteiger partial charge in [-0.25, -0.2) is 4.40 Å². The number of anilines is 1. The molecule has 0 radical (unpaired) electrons. The summed E-state index contributed by atoms with van der Waals surface area (Å²) in [6, 6.07) is 2.06. The predicted molar refractivity (Wildman–Crippen MR) is 77.4 cm³/mol. The van der Waals surface area contributed by atoms with Crippen LogP contribution in [-0.2, 0) is 0 Å². The molecule has 0 spiro atoms. The fourth-order valence-electron chi connectivity index (χ4n) is 2.77. The summed E-state index contributed by atoms with van der Waals surface area (Å²) in [7, 11) is 0. The summed E-state index contributed by atoms with van der Waals surface area (Å²) in [6.45, 7) is 2.13. The van der Waals surface area contributed by atoms with Gasteiger partial charge >= 0.3 is 0 Å². The SMILES string of the molecule is CSc1nnc2cc(N3CCCCC3)n3ncnc3n12. The standard InChI is InChI=1S/C12H15N7S/c1-20-12-16-15-9-7-10(17-5-3-2-4-6-17)19-11(18(9)12)13-8-14-19/h7-8H,2-6H2,1H3. The van der Waals surface area contributed by atoms with E-state index in [0.29, 0.717) is 0 Å². The van der Waals surface area contributed by atoms with E-state index in [-0.39, 0.29) is 0 Å². The first-order valence-electron chi connectivity index (χ1n) is 6.75. The molecule has 0 bridgehead atoms. The molecule has 7 nitrogen and oxygen atoms in total. The van der Waals surface area contributed by atoms with E-state index in [4.69, 9.17) is 0 Å². The fraction of sp³-hybridized carbons (Fsp3) is 0.500. The van der Waals surface area contributed by atoms with Gasteiger partial charge in [0.25, 0.3) is 0 Å². The van der Waals surface area contributed by atoms with Crippen molar-refractivity contribution < 1.29 is 0 Å². The minimum Gasteiger partial charge on any atom is -0.356 e. The van der Waals surface area contributed by atoms with Crippen molar-refractivity contribution in [2.75, 3.05) is 24.2 Å². The normalized spacial score (nSPS) is 16.4. The summed E-state index contributed by atoms with van der Waals surface area (Å²) >= 11 is 1.56. The molecule has 1 saturated heterocycles. The van der Waals surface area contributed by atoms with Crippen LogP contribution < -0.4 is 4.90 Å². The Hall–Kier alpha value is -1.83. The molecule has 3 aromatic heterocycles. The van der Waals surface area contributed by atoms with E-state index >= 15 is 0 Å². The van der Waals surface area contributed by atoms with Gasteiger partial charge in [0.05, 0.1) is 0 Å². The molecule has 0 saturated carbocycles. The lowest BCUT2D eigenvalue weighted by Gasteiger charge is -2.28. The van der Waals surface area contributed by atoms with Crippen molar-refractivity contribution in [3.8, 4) is 0 Å². The predicted octanol–water partition coefficient (Wildman–Crippen LogP) is 1.48. The summed E-state index contributed by atoms with van der Waals surface area (Å²) in [6.07, 6.45) is 7.34. The molecule has 0 aliphatic carbocycles. The average Bonchev–Trinajstić information content (AvgIpc) is 3.13. The zero-order valence-electron chi connectivity index (χ0n) is 11.2. The maximum Gasteiger partial charge on any atom is 0.242 e. The van der Waals surface area contributed by atoms with E-state index < -0.39 is 0 Å². The largest absolute Gasteiger partial charge is 0.356 e. The molecule has 20 heavy (non-hydrogen) atoms. The Bertz CT molecular complexity index is 756. The second kappa shape index (κ2) is 4.62. The van der Waals surface area contributed by atoms with Crippen LogP contribution >= 0.6 is 11.8 Å². The first-order valence-corrected chi connectivity index (χ1v) is 7.98. The van der Waals surface area contributed by atoms with Gasteiger partial charge in [0.1, 0.15) is 12.1 Å². The van der Waals surface area contributed by atoms with Crippen LogP contribution in [0.1, 0.15) is 19.3 Å². The Balaban J connectivity index is 1.97. The number of nitrogens with zero attached hydrogens (tertiary/aromatic N) is 7. The van der Waals surface area contributed by atoms with E-state index in [2.05, 4.69) is 31.2 Å². The van der Waals surface area contributed by atoms with Gasteiger partial charge in [-0.1, -0.05) is 11.8 Å². The third-order valence-corrected chi connectivity index (χ3v) is 4.36. The van der Waals surface area contributed by atoms with Crippen LogP contribution in [0.25, 0.3) is 11.4 Å². The zero-order chi connectivity index (χ0) is 13.5. The molecule has 4 heterocycles. The maximum atomic E-state index is 4.38. The molecule has 0 aromatic carbocycles. The van der Waals surface area contributed by atoms with Gasteiger partial charge in [0.2, 0.25) is 5.78 Å². The van der Waals surface area contributed by atoms with Crippen LogP contribution in [-0.4, -0.2) is 48.5 Å². The highest BCUT2D eigenvalue weighted by atomic mass is 32.2. The minimum atomic E-state index is 0.775. The molecular weight excluding hydrogens is 274 g/mol. The Morgan fingerprint density at radius 1 is 1.15 bits per heavy atom. The summed E-state index contributed by atoms with van der Waals surface area (Å²) in [5, 5.41) is 13.7. The molecule has 104 valence electrons. The summed E-state index contributed by atoms with van der Waals surface area (Å²) in [5.74, 6) is 1.84. The van der Waals surface area contributed by atoms with Crippen LogP contribution in [0.4, 0.5) is 5.82 Å². The van der Waals surface area contributed by atoms with Gasteiger partial charge in [0, 0.05) is 19.2 Å². The van der Waals surface area contributed by atoms with Gasteiger partial charge in [-0.2, -0.15) is 14.6 Å². The number of thioether (sulfide) groups is 1. The highest BCUT2D eigenvalue weighted by Crippen LogP contribution is 2.24. The molecule has 8 heteroatoms. The van der Waals surface area contributed by atoms with Gasteiger partial charge in [-0.15, -0.1) is 10.2 Å². The highest BCUT2D eigenvalue weighted by molar-refractivity contribution is 7.98. The molecule has 1 aliphatic rings. The first kappa shape index (κ1) is 12.0. The second-order valence-corrected chi connectivity index (χ2v) is 5.68. The minimum absolute atomic E-state index is 0.775. The van der Waals surface area contributed by atoms with E-state index in [9.17, 15) is 0 Å². The molecule has 0 amide bonds. The monoisotopic (exact) mass is 289 g/mol. The van der Waals surface area contributed by atoms with Crippen molar-refractivity contribution in [3.05, 3.63) is 12.4 Å². The molecular formula is C12H15N7S. The van der Waals surface area contributed by atoms with Gasteiger partial charge in [-0.3, -0.25) is 0 Å². The third kappa shape index (κ3) is 1.67. The van der Waals surface area contributed by atoms with Gasteiger partial charge in [-0.05, 0) is 25.5 Å². The molecule has 0 atom stereocenters. The van der Waals surface area contributed by atoms with Crippen LogP contribution in [0.5, 0.6) is 0 Å². The van der Waals surface area contributed by atoms with Crippen molar-refractivity contribution in [2.45, 2.75) is 24.4 Å². The zero-order valence-corrected chi connectivity index (χ0v) is 12.0. The van der Waals surface area contributed by atoms with Gasteiger partial charge < -0.3 is 4.90 Å². The van der Waals surface area contributed by atoms with Crippen molar-refractivity contribution in [1.82, 2.24) is 29.2 Å². The second-order valence-electron chi connectivity index (χ2n) is 4.90.